The van der Waals surface area contributed by atoms with Crippen molar-refractivity contribution in [2.24, 2.45) is 0 Å². The first kappa shape index (κ1) is 12.1. The maximum atomic E-state index is 12.9. The Morgan fingerprint density at radius 1 is 0.800 bits per heavy atom. The fraction of sp³-hybridized carbons (Fsp3) is 0.250. The van der Waals surface area contributed by atoms with Crippen LogP contribution in [0.25, 0.3) is 0 Å². The molecule has 0 N–H and O–H groups in total. The van der Waals surface area contributed by atoms with Crippen molar-refractivity contribution in [3.63, 3.8) is 0 Å². The van der Waals surface area contributed by atoms with Gasteiger partial charge in [0.1, 0.15) is 0 Å². The van der Waals surface area contributed by atoms with Gasteiger partial charge in [0.25, 0.3) is 0 Å². The summed E-state index contributed by atoms with van der Waals surface area (Å²) in [6.45, 7) is -0.213. The summed E-state index contributed by atoms with van der Waals surface area (Å²) in [7, 11) is 2.55. The number of benzene rings is 1. The first-order valence-corrected chi connectivity index (χ1v) is 4.20. The highest BCUT2D eigenvalue weighted by Crippen LogP contribution is 2.23. The normalized spacial score (nSPS) is 10.8. The zero-order chi connectivity index (χ0) is 11.6. The molecule has 0 aliphatic heterocycles. The predicted octanol–water partition coefficient (Wildman–Crippen LogP) is 2.02. The van der Waals surface area contributed by atoms with Crippen LogP contribution in [0.2, 0.25) is 0 Å². The lowest BCUT2D eigenvalue weighted by Crippen LogP contribution is -2.09. The number of rotatable bonds is 3. The van der Waals surface area contributed by atoms with Crippen LogP contribution in [0.1, 0.15) is 5.56 Å². The molecule has 81 valence electrons. The van der Waals surface area contributed by atoms with Crippen molar-refractivity contribution in [1.82, 2.24) is 0 Å². The monoisotopic (exact) mass is 239 g/mol. The third kappa shape index (κ3) is 2.18. The lowest BCUT2D eigenvalue weighted by atomic mass is 10.1. The molecule has 1 aromatic carbocycles. The summed E-state index contributed by atoms with van der Waals surface area (Å²) in [5.74, 6) is -9.70. The third-order valence-corrected chi connectivity index (χ3v) is 1.96. The molecule has 1 rings (SSSR count). The van der Waals surface area contributed by atoms with Crippen molar-refractivity contribution in [2.45, 2.75) is 6.42 Å². The van der Waals surface area contributed by atoms with Crippen molar-refractivity contribution in [2.75, 3.05) is 6.61 Å². The molecule has 0 aromatic heterocycles. The fourth-order valence-electron chi connectivity index (χ4n) is 1.02. The summed E-state index contributed by atoms with van der Waals surface area (Å²) < 4.78 is 67.9. The zero-order valence-electron chi connectivity index (χ0n) is 7.21. The average Bonchev–Trinajstić information content (AvgIpc) is 2.24. The molecule has 0 fully saturated rings. The summed E-state index contributed by atoms with van der Waals surface area (Å²) in [6, 6.07) is 0. The summed E-state index contributed by atoms with van der Waals surface area (Å²) in [5.41, 5.74) is -0.885. The maximum absolute atomic E-state index is 12.9. The van der Waals surface area contributed by atoms with E-state index in [-0.39, 0.29) is 6.61 Å². The molecule has 1 aromatic rings. The van der Waals surface area contributed by atoms with Crippen molar-refractivity contribution in [1.29, 1.82) is 0 Å². The van der Waals surface area contributed by atoms with Gasteiger partial charge in [-0.1, -0.05) is 0 Å². The van der Waals surface area contributed by atoms with E-state index in [1.54, 1.807) is 0 Å². The molecule has 0 saturated heterocycles. The second-order valence-electron chi connectivity index (χ2n) is 2.65. The average molecular weight is 239 g/mol. The number of hydrogen-bond donors (Lipinski definition) is 0. The molecule has 0 aliphatic carbocycles. The Morgan fingerprint density at radius 2 is 1.20 bits per heavy atom. The molecule has 0 unspecified atom stereocenters. The van der Waals surface area contributed by atoms with Crippen LogP contribution in [0.4, 0.5) is 22.0 Å². The van der Waals surface area contributed by atoms with Crippen LogP contribution in [0, 0.1) is 29.1 Å². The van der Waals surface area contributed by atoms with Gasteiger partial charge < -0.3 is 4.43 Å². The summed E-state index contributed by atoms with van der Waals surface area (Å²) in [4.78, 5) is 0. The Hall–Kier alpha value is -0.953. The Morgan fingerprint density at radius 3 is 1.60 bits per heavy atom. The van der Waals surface area contributed by atoms with Gasteiger partial charge in [0.2, 0.25) is 16.3 Å². The van der Waals surface area contributed by atoms with Gasteiger partial charge in [0.05, 0.1) is 0 Å². The standard InChI is InChI=1S/C8H4F5OSi/c9-4-3(1-2-14-15)5(10)7(12)8(13)6(4)11/h1-2H2. The molecule has 0 bridgehead atoms. The number of hydrogen-bond acceptors (Lipinski definition) is 1. The first-order valence-electron chi connectivity index (χ1n) is 3.79. The van der Waals surface area contributed by atoms with Gasteiger partial charge in [0.15, 0.2) is 23.3 Å². The van der Waals surface area contributed by atoms with Crippen LogP contribution in [0.15, 0.2) is 0 Å². The van der Waals surface area contributed by atoms with E-state index in [0.717, 1.165) is 0 Å². The molecular weight excluding hydrogens is 235 g/mol. The van der Waals surface area contributed by atoms with Crippen LogP contribution in [0.3, 0.4) is 0 Å². The minimum Gasteiger partial charge on any atom is -0.418 e. The lowest BCUT2D eigenvalue weighted by molar-refractivity contribution is 0.333. The van der Waals surface area contributed by atoms with Gasteiger partial charge in [0, 0.05) is 18.6 Å². The van der Waals surface area contributed by atoms with Crippen LogP contribution >= 0.6 is 0 Å². The minimum atomic E-state index is -2.16. The highest BCUT2D eigenvalue weighted by molar-refractivity contribution is 5.97. The van der Waals surface area contributed by atoms with Gasteiger partial charge >= 0.3 is 0 Å². The van der Waals surface area contributed by atoms with Crippen molar-refractivity contribution in [3.8, 4) is 0 Å². The van der Waals surface area contributed by atoms with Gasteiger partial charge in [-0.25, -0.2) is 22.0 Å². The summed E-state index contributed by atoms with van der Waals surface area (Å²) in [5, 5.41) is 0. The van der Waals surface area contributed by atoms with Crippen molar-refractivity contribution >= 4 is 10.5 Å². The van der Waals surface area contributed by atoms with E-state index in [1.165, 1.54) is 0 Å². The van der Waals surface area contributed by atoms with Crippen molar-refractivity contribution < 1.29 is 26.4 Å². The quantitative estimate of drug-likeness (QED) is 0.339. The molecule has 1 nitrogen and oxygen atoms in total. The molecular formula is C8H4F5OSi. The molecule has 0 heterocycles. The topological polar surface area (TPSA) is 9.23 Å². The molecule has 0 aliphatic rings. The molecule has 0 atom stereocenters. The molecule has 3 radical (unpaired) electrons. The van der Waals surface area contributed by atoms with Crippen LogP contribution in [-0.4, -0.2) is 17.1 Å². The third-order valence-electron chi connectivity index (χ3n) is 1.75. The molecule has 7 heteroatoms. The lowest BCUT2D eigenvalue weighted by Gasteiger charge is -2.07. The molecule has 15 heavy (non-hydrogen) atoms. The van der Waals surface area contributed by atoms with Crippen LogP contribution < -0.4 is 0 Å². The van der Waals surface area contributed by atoms with Gasteiger partial charge in [-0.15, -0.1) is 0 Å². The summed E-state index contributed by atoms with van der Waals surface area (Å²) in [6.07, 6.45) is -0.421. The van der Waals surface area contributed by atoms with Gasteiger partial charge in [-0.05, 0) is 0 Å². The Kier molecular flexibility index (Phi) is 3.81. The second-order valence-corrected chi connectivity index (χ2v) is 2.94. The molecule has 0 saturated carbocycles. The van der Waals surface area contributed by atoms with E-state index >= 15 is 0 Å². The molecule has 0 amide bonds. The Labute approximate surface area is 85.4 Å². The van der Waals surface area contributed by atoms with Gasteiger partial charge in [-0.3, -0.25) is 0 Å². The second kappa shape index (κ2) is 4.71. The first-order chi connectivity index (χ1) is 7.00. The maximum Gasteiger partial charge on any atom is 0.246 e. The largest absolute Gasteiger partial charge is 0.418 e. The highest BCUT2D eigenvalue weighted by atomic mass is 28.2. The van der Waals surface area contributed by atoms with Gasteiger partial charge in [-0.2, -0.15) is 0 Å². The smallest absolute Gasteiger partial charge is 0.246 e. The van der Waals surface area contributed by atoms with E-state index in [9.17, 15) is 22.0 Å². The van der Waals surface area contributed by atoms with Crippen LogP contribution in [0.5, 0.6) is 0 Å². The fourth-order valence-corrected chi connectivity index (χ4v) is 1.13. The zero-order valence-corrected chi connectivity index (χ0v) is 8.21. The van der Waals surface area contributed by atoms with E-state index in [0.29, 0.717) is 0 Å². The highest BCUT2D eigenvalue weighted by Gasteiger charge is 2.24. The SMILES string of the molecule is Fc1c(F)c(F)c(CCO[Si])c(F)c1F. The Balaban J connectivity index is 3.26. The van der Waals surface area contributed by atoms with E-state index in [1.807, 2.05) is 0 Å². The Bertz CT molecular complexity index is 353. The molecule has 0 spiro atoms. The summed E-state index contributed by atoms with van der Waals surface area (Å²) >= 11 is 0. The van der Waals surface area contributed by atoms with E-state index in [2.05, 4.69) is 14.9 Å². The minimum absolute atomic E-state index is 0.213. The predicted molar refractivity (Wildman–Crippen MR) is 41.6 cm³/mol. The van der Waals surface area contributed by atoms with E-state index < -0.39 is 41.1 Å². The van der Waals surface area contributed by atoms with E-state index in [4.69, 9.17) is 0 Å². The van der Waals surface area contributed by atoms with Crippen molar-refractivity contribution in [3.05, 3.63) is 34.6 Å². The number of halogens is 5. The van der Waals surface area contributed by atoms with Crippen LogP contribution in [-0.2, 0) is 10.8 Å².